The Bertz CT molecular complexity index is 491. The zero-order valence-corrected chi connectivity index (χ0v) is 11.5. The van der Waals surface area contributed by atoms with Crippen molar-refractivity contribution < 1.29 is 13.2 Å². The average molecular weight is 269 g/mol. The summed E-state index contributed by atoms with van der Waals surface area (Å²) >= 11 is 0. The van der Waals surface area contributed by atoms with Crippen LogP contribution in [0.4, 0.5) is 0 Å². The van der Waals surface area contributed by atoms with E-state index in [0.29, 0.717) is 6.10 Å². The molecular formula is C13H19NO3S. The van der Waals surface area contributed by atoms with Crippen LogP contribution in [0.3, 0.4) is 0 Å². The number of sulfone groups is 1. The minimum atomic E-state index is -3.00. The molecule has 18 heavy (non-hydrogen) atoms. The number of nitrogens with one attached hydrogen (secondary N) is 1. The minimum Gasteiger partial charge on any atom is -0.490 e. The Labute approximate surface area is 108 Å². The molecule has 1 aromatic rings. The van der Waals surface area contributed by atoms with Crippen molar-refractivity contribution >= 4 is 9.84 Å². The van der Waals surface area contributed by atoms with E-state index in [1.54, 1.807) is 7.05 Å². The molecule has 1 saturated carbocycles. The second-order valence-corrected chi connectivity index (χ2v) is 7.00. The van der Waals surface area contributed by atoms with Gasteiger partial charge in [0, 0.05) is 12.3 Å². The summed E-state index contributed by atoms with van der Waals surface area (Å²) in [5.74, 6) is 0.960. The molecule has 0 bridgehead atoms. The summed E-state index contributed by atoms with van der Waals surface area (Å²) in [4.78, 5) is 0. The molecule has 4 nitrogen and oxygen atoms in total. The Morgan fingerprint density at radius 1 is 1.33 bits per heavy atom. The number of hydrogen-bond donors (Lipinski definition) is 1. The number of rotatable bonds is 6. The maximum absolute atomic E-state index is 11.3. The summed E-state index contributed by atoms with van der Waals surface area (Å²) in [5.41, 5.74) is 0.964. The lowest BCUT2D eigenvalue weighted by atomic mass is 10.1. The predicted octanol–water partition coefficient (Wildman–Crippen LogP) is 1.53. The molecule has 0 aliphatic heterocycles. The summed E-state index contributed by atoms with van der Waals surface area (Å²) in [6.07, 6.45) is 3.90. The highest BCUT2D eigenvalue weighted by Crippen LogP contribution is 2.27. The number of hydrogen-bond acceptors (Lipinski definition) is 4. The Morgan fingerprint density at radius 3 is 2.39 bits per heavy atom. The number of benzene rings is 1. The standard InChI is InChI=1S/C13H19NO3S/c1-14-13(9-18(2,15)16)10-3-5-11(6-4-10)17-12-7-8-12/h3-6,12-14H,7-9H2,1-2H3. The highest BCUT2D eigenvalue weighted by molar-refractivity contribution is 7.90. The van der Waals surface area contributed by atoms with Crippen molar-refractivity contribution in [1.82, 2.24) is 5.32 Å². The number of ether oxygens (including phenoxy) is 1. The summed E-state index contributed by atoms with van der Waals surface area (Å²) < 4.78 is 28.3. The topological polar surface area (TPSA) is 55.4 Å². The fourth-order valence-electron chi connectivity index (χ4n) is 1.81. The molecule has 1 unspecified atom stereocenters. The van der Waals surface area contributed by atoms with Crippen LogP contribution >= 0.6 is 0 Å². The van der Waals surface area contributed by atoms with E-state index in [1.165, 1.54) is 6.26 Å². The molecule has 1 fully saturated rings. The summed E-state index contributed by atoms with van der Waals surface area (Å²) in [7, 11) is -1.23. The monoisotopic (exact) mass is 269 g/mol. The normalized spacial score (nSPS) is 17.4. The van der Waals surface area contributed by atoms with Crippen LogP contribution in [0, 0.1) is 0 Å². The average Bonchev–Trinajstić information content (AvgIpc) is 3.10. The molecule has 1 atom stereocenters. The zero-order chi connectivity index (χ0) is 13.2. The van der Waals surface area contributed by atoms with E-state index >= 15 is 0 Å². The van der Waals surface area contributed by atoms with Crippen LogP contribution in [0.1, 0.15) is 24.4 Å². The van der Waals surface area contributed by atoms with Gasteiger partial charge in [-0.2, -0.15) is 0 Å². The largest absolute Gasteiger partial charge is 0.490 e. The Balaban J connectivity index is 2.05. The molecule has 0 amide bonds. The SMILES string of the molecule is CNC(CS(C)(=O)=O)c1ccc(OC2CC2)cc1. The first kappa shape index (κ1) is 13.4. The van der Waals surface area contributed by atoms with E-state index < -0.39 is 9.84 Å². The molecule has 100 valence electrons. The van der Waals surface area contributed by atoms with Gasteiger partial charge in [0.25, 0.3) is 0 Å². The van der Waals surface area contributed by atoms with Crippen molar-refractivity contribution in [1.29, 1.82) is 0 Å². The third-order valence-electron chi connectivity index (χ3n) is 2.93. The molecule has 1 aliphatic rings. The van der Waals surface area contributed by atoms with E-state index in [-0.39, 0.29) is 11.8 Å². The van der Waals surface area contributed by atoms with Crippen molar-refractivity contribution in [3.05, 3.63) is 29.8 Å². The van der Waals surface area contributed by atoms with Gasteiger partial charge in [0.1, 0.15) is 15.6 Å². The molecule has 2 rings (SSSR count). The van der Waals surface area contributed by atoms with E-state index in [4.69, 9.17) is 4.74 Å². The van der Waals surface area contributed by atoms with Gasteiger partial charge in [0.05, 0.1) is 11.9 Å². The van der Waals surface area contributed by atoms with Gasteiger partial charge in [0.2, 0.25) is 0 Å². The fourth-order valence-corrected chi connectivity index (χ4v) is 2.77. The fraction of sp³-hybridized carbons (Fsp3) is 0.538. The molecule has 0 spiro atoms. The summed E-state index contributed by atoms with van der Waals surface area (Å²) in [5, 5.41) is 3.03. The lowest BCUT2D eigenvalue weighted by Gasteiger charge is -2.16. The first-order valence-corrected chi connectivity index (χ1v) is 8.15. The highest BCUT2D eigenvalue weighted by atomic mass is 32.2. The van der Waals surface area contributed by atoms with Gasteiger partial charge < -0.3 is 10.1 Å². The Morgan fingerprint density at radius 2 is 1.94 bits per heavy atom. The van der Waals surface area contributed by atoms with Crippen LogP contribution in [-0.2, 0) is 9.84 Å². The van der Waals surface area contributed by atoms with E-state index in [9.17, 15) is 8.42 Å². The summed E-state index contributed by atoms with van der Waals surface area (Å²) in [6, 6.07) is 7.48. The lowest BCUT2D eigenvalue weighted by molar-refractivity contribution is 0.303. The molecule has 0 aromatic heterocycles. The Kier molecular flexibility index (Phi) is 3.92. The quantitative estimate of drug-likeness (QED) is 0.851. The van der Waals surface area contributed by atoms with E-state index in [2.05, 4.69) is 5.32 Å². The third kappa shape index (κ3) is 3.99. The maximum atomic E-state index is 11.3. The van der Waals surface area contributed by atoms with Crippen molar-refractivity contribution in [2.45, 2.75) is 25.0 Å². The molecule has 1 aliphatic carbocycles. The molecule has 0 saturated heterocycles. The van der Waals surface area contributed by atoms with Crippen molar-refractivity contribution in [2.75, 3.05) is 19.1 Å². The van der Waals surface area contributed by atoms with Gasteiger partial charge in [-0.3, -0.25) is 0 Å². The van der Waals surface area contributed by atoms with Crippen LogP contribution in [0.25, 0.3) is 0 Å². The van der Waals surface area contributed by atoms with E-state index in [0.717, 1.165) is 24.2 Å². The Hall–Kier alpha value is -1.07. The van der Waals surface area contributed by atoms with Crippen molar-refractivity contribution in [3.63, 3.8) is 0 Å². The predicted molar refractivity (Wildman–Crippen MR) is 71.6 cm³/mol. The van der Waals surface area contributed by atoms with E-state index in [1.807, 2.05) is 24.3 Å². The second kappa shape index (κ2) is 5.28. The van der Waals surface area contributed by atoms with Gasteiger partial charge in [-0.05, 0) is 37.6 Å². The molecule has 0 radical (unpaired) electrons. The van der Waals surface area contributed by atoms with Gasteiger partial charge in [-0.1, -0.05) is 12.1 Å². The van der Waals surface area contributed by atoms with Crippen LogP contribution in [0.2, 0.25) is 0 Å². The van der Waals surface area contributed by atoms with Crippen molar-refractivity contribution in [2.24, 2.45) is 0 Å². The molecule has 5 heteroatoms. The van der Waals surface area contributed by atoms with Gasteiger partial charge in [0.15, 0.2) is 0 Å². The summed E-state index contributed by atoms with van der Waals surface area (Å²) in [6.45, 7) is 0. The molecule has 1 N–H and O–H groups in total. The van der Waals surface area contributed by atoms with Crippen LogP contribution < -0.4 is 10.1 Å². The molecular weight excluding hydrogens is 250 g/mol. The van der Waals surface area contributed by atoms with Crippen LogP contribution in [0.15, 0.2) is 24.3 Å². The van der Waals surface area contributed by atoms with Crippen molar-refractivity contribution in [3.8, 4) is 5.75 Å². The lowest BCUT2D eigenvalue weighted by Crippen LogP contribution is -2.24. The van der Waals surface area contributed by atoms with Gasteiger partial charge in [-0.15, -0.1) is 0 Å². The smallest absolute Gasteiger partial charge is 0.149 e. The minimum absolute atomic E-state index is 0.104. The first-order chi connectivity index (χ1) is 8.48. The van der Waals surface area contributed by atoms with Crippen LogP contribution in [0.5, 0.6) is 5.75 Å². The van der Waals surface area contributed by atoms with Gasteiger partial charge >= 0.3 is 0 Å². The molecule has 0 heterocycles. The third-order valence-corrected chi connectivity index (χ3v) is 3.87. The second-order valence-electron chi connectivity index (χ2n) is 4.82. The first-order valence-electron chi connectivity index (χ1n) is 6.09. The maximum Gasteiger partial charge on any atom is 0.149 e. The highest BCUT2D eigenvalue weighted by Gasteiger charge is 2.23. The zero-order valence-electron chi connectivity index (χ0n) is 10.7. The van der Waals surface area contributed by atoms with Crippen LogP contribution in [-0.4, -0.2) is 33.6 Å². The van der Waals surface area contributed by atoms with Gasteiger partial charge in [-0.25, -0.2) is 8.42 Å². The molecule has 1 aromatic carbocycles.